The van der Waals surface area contributed by atoms with E-state index in [1.54, 1.807) is 0 Å². The first kappa shape index (κ1) is 13.9. The second-order valence-corrected chi connectivity index (χ2v) is 4.45. The molecule has 5 nitrogen and oxygen atoms in total. The first-order chi connectivity index (χ1) is 10.6. The summed E-state index contributed by atoms with van der Waals surface area (Å²) >= 11 is 0. The van der Waals surface area contributed by atoms with Crippen LogP contribution in [0, 0.1) is 17.5 Å². The van der Waals surface area contributed by atoms with Crippen LogP contribution in [0.3, 0.4) is 0 Å². The van der Waals surface area contributed by atoms with Crippen LogP contribution in [-0.4, -0.2) is 14.9 Å². The molecule has 0 atom stereocenters. The molecule has 0 unspecified atom stereocenters. The van der Waals surface area contributed by atoms with Gasteiger partial charge in [-0.3, -0.25) is 0 Å². The molecule has 0 saturated heterocycles. The second kappa shape index (κ2) is 5.40. The van der Waals surface area contributed by atoms with E-state index in [0.29, 0.717) is 5.69 Å². The minimum atomic E-state index is -0.799. The highest BCUT2D eigenvalue weighted by Crippen LogP contribution is 2.25. The highest BCUT2D eigenvalue weighted by atomic mass is 19.1. The Bertz CT molecular complexity index is 794. The van der Waals surface area contributed by atoms with Crippen molar-refractivity contribution in [1.82, 2.24) is 14.9 Å². The van der Waals surface area contributed by atoms with Crippen molar-refractivity contribution in [2.24, 2.45) is 0 Å². The Kier molecular flexibility index (Phi) is 3.42. The maximum atomic E-state index is 13.8. The Morgan fingerprint density at radius 3 is 2.18 bits per heavy atom. The molecule has 0 fully saturated rings. The van der Waals surface area contributed by atoms with E-state index in [0.717, 1.165) is 16.8 Å². The minimum absolute atomic E-state index is 0.0595. The normalized spacial score (nSPS) is 10.7. The van der Waals surface area contributed by atoms with E-state index in [4.69, 9.17) is 5.84 Å². The Labute approximate surface area is 123 Å². The summed E-state index contributed by atoms with van der Waals surface area (Å²) in [6, 6.07) is 8.86. The Morgan fingerprint density at radius 1 is 0.909 bits per heavy atom. The Morgan fingerprint density at radius 2 is 1.55 bits per heavy atom. The van der Waals surface area contributed by atoms with Gasteiger partial charge in [-0.05, 0) is 36.4 Å². The van der Waals surface area contributed by atoms with Gasteiger partial charge >= 0.3 is 0 Å². The van der Waals surface area contributed by atoms with Gasteiger partial charge in [0.1, 0.15) is 17.5 Å². The van der Waals surface area contributed by atoms with Crippen molar-refractivity contribution in [2.45, 2.75) is 0 Å². The van der Waals surface area contributed by atoms with Crippen LogP contribution in [0.1, 0.15) is 0 Å². The fourth-order valence-electron chi connectivity index (χ4n) is 1.92. The summed E-state index contributed by atoms with van der Waals surface area (Å²) in [7, 11) is 0. The number of hydrogen-bond donors (Lipinski definition) is 2. The largest absolute Gasteiger partial charge is 0.334 e. The number of hydrogen-bond acceptors (Lipinski definition) is 4. The third kappa shape index (κ3) is 2.46. The van der Waals surface area contributed by atoms with Gasteiger partial charge in [-0.25, -0.2) is 17.8 Å². The van der Waals surface area contributed by atoms with Crippen molar-refractivity contribution in [3.05, 3.63) is 59.9 Å². The van der Waals surface area contributed by atoms with E-state index >= 15 is 0 Å². The Hall–Kier alpha value is -3.03. The van der Waals surface area contributed by atoms with Crippen LogP contribution in [0.5, 0.6) is 0 Å². The van der Waals surface area contributed by atoms with Gasteiger partial charge in [0, 0.05) is 5.69 Å². The average molecular weight is 305 g/mol. The molecular weight excluding hydrogens is 295 g/mol. The van der Waals surface area contributed by atoms with Gasteiger partial charge in [0.05, 0.1) is 5.56 Å². The van der Waals surface area contributed by atoms with Gasteiger partial charge < -0.3 is 11.2 Å². The summed E-state index contributed by atoms with van der Waals surface area (Å²) in [5, 5.41) is 10.2. The number of halogens is 3. The molecule has 0 aliphatic heterocycles. The third-order valence-electron chi connectivity index (χ3n) is 2.98. The summed E-state index contributed by atoms with van der Waals surface area (Å²) < 4.78 is 41.3. The topological polar surface area (TPSA) is 68.8 Å². The zero-order chi connectivity index (χ0) is 15.7. The second-order valence-electron chi connectivity index (χ2n) is 4.45. The van der Waals surface area contributed by atoms with E-state index < -0.39 is 17.5 Å². The number of nitrogens with two attached hydrogens (primary N) is 1. The average Bonchev–Trinajstić information content (AvgIpc) is 2.83. The van der Waals surface area contributed by atoms with E-state index in [1.807, 2.05) is 0 Å². The van der Waals surface area contributed by atoms with Crippen molar-refractivity contribution in [3.63, 3.8) is 0 Å². The minimum Gasteiger partial charge on any atom is -0.334 e. The van der Waals surface area contributed by atoms with Crippen LogP contribution in [0.2, 0.25) is 0 Å². The van der Waals surface area contributed by atoms with Gasteiger partial charge in [0.15, 0.2) is 5.82 Å². The van der Waals surface area contributed by atoms with Crippen LogP contribution < -0.4 is 11.2 Å². The summed E-state index contributed by atoms with van der Waals surface area (Å²) in [6.07, 6.45) is 0. The van der Waals surface area contributed by atoms with Gasteiger partial charge in [0.25, 0.3) is 0 Å². The smallest absolute Gasteiger partial charge is 0.248 e. The summed E-state index contributed by atoms with van der Waals surface area (Å²) in [5.74, 6) is 3.67. The summed E-state index contributed by atoms with van der Waals surface area (Å²) in [6.45, 7) is 0. The fourth-order valence-corrected chi connectivity index (χ4v) is 1.92. The number of aromatic nitrogens is 3. The van der Waals surface area contributed by atoms with Crippen molar-refractivity contribution in [2.75, 3.05) is 11.2 Å². The molecule has 1 aromatic heterocycles. The van der Waals surface area contributed by atoms with E-state index in [-0.39, 0.29) is 17.3 Å². The van der Waals surface area contributed by atoms with Gasteiger partial charge in [-0.2, -0.15) is 0 Å². The zero-order valence-electron chi connectivity index (χ0n) is 11.1. The molecule has 3 N–H and O–H groups in total. The maximum Gasteiger partial charge on any atom is 0.248 e. The number of nitrogen functional groups attached to an aromatic ring is 1. The first-order valence-electron chi connectivity index (χ1n) is 6.23. The lowest BCUT2D eigenvalue weighted by Crippen LogP contribution is -2.14. The Balaban J connectivity index is 1.97. The van der Waals surface area contributed by atoms with Crippen molar-refractivity contribution < 1.29 is 13.2 Å². The molecule has 8 heteroatoms. The molecule has 1 heterocycles. The molecule has 112 valence electrons. The quantitative estimate of drug-likeness (QED) is 0.730. The molecular formula is C14H10F3N5. The van der Waals surface area contributed by atoms with Crippen LogP contribution in [0.25, 0.3) is 11.4 Å². The molecule has 22 heavy (non-hydrogen) atoms. The summed E-state index contributed by atoms with van der Waals surface area (Å²) in [5.41, 5.74) is 0.130. The number of anilines is 2. The van der Waals surface area contributed by atoms with E-state index in [9.17, 15) is 13.2 Å². The number of benzene rings is 2. The lowest BCUT2D eigenvalue weighted by molar-refractivity contribution is 0.586. The standard InChI is InChI=1S/C14H10F3N5/c15-8-4-6-9(7-5-8)19-14-21-20-13(22(14)18)12-10(16)2-1-3-11(12)17/h1-7H,18H2,(H,19,21). The van der Waals surface area contributed by atoms with Crippen LogP contribution >= 0.6 is 0 Å². The zero-order valence-corrected chi connectivity index (χ0v) is 11.1. The number of nitrogens with one attached hydrogen (secondary N) is 1. The molecule has 0 bridgehead atoms. The number of rotatable bonds is 3. The maximum absolute atomic E-state index is 13.8. The van der Waals surface area contributed by atoms with E-state index in [2.05, 4.69) is 15.5 Å². The van der Waals surface area contributed by atoms with E-state index in [1.165, 1.54) is 30.3 Å². The van der Waals surface area contributed by atoms with Gasteiger partial charge in [-0.1, -0.05) is 6.07 Å². The van der Waals surface area contributed by atoms with Crippen LogP contribution in [0.15, 0.2) is 42.5 Å². The molecule has 0 aliphatic rings. The molecule has 0 aliphatic carbocycles. The molecule has 2 aromatic carbocycles. The molecule has 0 spiro atoms. The predicted octanol–water partition coefficient (Wildman–Crippen LogP) is 2.82. The van der Waals surface area contributed by atoms with Crippen LogP contribution in [-0.2, 0) is 0 Å². The lowest BCUT2D eigenvalue weighted by Gasteiger charge is -2.07. The van der Waals surface area contributed by atoms with Crippen molar-refractivity contribution in [3.8, 4) is 11.4 Å². The van der Waals surface area contributed by atoms with Gasteiger partial charge in [-0.15, -0.1) is 10.2 Å². The van der Waals surface area contributed by atoms with Gasteiger partial charge in [0.2, 0.25) is 5.95 Å². The number of nitrogens with zero attached hydrogens (tertiary/aromatic N) is 3. The lowest BCUT2D eigenvalue weighted by atomic mass is 10.2. The summed E-state index contributed by atoms with van der Waals surface area (Å²) in [4.78, 5) is 0. The third-order valence-corrected chi connectivity index (χ3v) is 2.98. The molecule has 3 rings (SSSR count). The monoisotopic (exact) mass is 305 g/mol. The fraction of sp³-hybridized carbons (Fsp3) is 0. The molecule has 0 radical (unpaired) electrons. The molecule has 0 saturated carbocycles. The highest BCUT2D eigenvalue weighted by Gasteiger charge is 2.19. The molecule has 0 amide bonds. The molecule has 3 aromatic rings. The first-order valence-corrected chi connectivity index (χ1v) is 6.23. The SMILES string of the molecule is Nn1c(Nc2ccc(F)cc2)nnc1-c1c(F)cccc1F. The van der Waals surface area contributed by atoms with Crippen LogP contribution in [0.4, 0.5) is 24.8 Å². The van der Waals surface area contributed by atoms with Crippen molar-refractivity contribution >= 4 is 11.6 Å². The van der Waals surface area contributed by atoms with Crippen molar-refractivity contribution in [1.29, 1.82) is 0 Å². The predicted molar refractivity (Wildman–Crippen MR) is 75.2 cm³/mol. The highest BCUT2D eigenvalue weighted by molar-refractivity contribution is 5.61.